The van der Waals surface area contributed by atoms with Gasteiger partial charge in [-0.3, -0.25) is 4.79 Å². The lowest BCUT2D eigenvalue weighted by Crippen LogP contribution is -2.30. The third-order valence-corrected chi connectivity index (χ3v) is 2.76. The molecule has 14 heavy (non-hydrogen) atoms. The van der Waals surface area contributed by atoms with Crippen LogP contribution in [-0.2, 0) is 19.0 Å². The van der Waals surface area contributed by atoms with Gasteiger partial charge in [-0.15, -0.1) is 11.6 Å². The first-order valence-corrected chi connectivity index (χ1v) is 5.08. The van der Waals surface area contributed by atoms with Crippen molar-refractivity contribution in [3.05, 3.63) is 0 Å². The maximum absolute atomic E-state index is 11.1. The van der Waals surface area contributed by atoms with E-state index in [4.69, 9.17) is 25.8 Å². The fraction of sp³-hybridized carbons (Fsp3) is 0.889. The highest BCUT2D eigenvalue weighted by Gasteiger charge is 2.44. The molecular weight excluding hydrogens is 208 g/mol. The SMILES string of the molecule is CC1(C)OC[C@H]([C@@H]2C[C@H](Cl)C(=O)O2)O1. The summed E-state index contributed by atoms with van der Waals surface area (Å²) in [4.78, 5) is 11.1. The van der Waals surface area contributed by atoms with Crippen molar-refractivity contribution in [2.45, 2.75) is 43.6 Å². The van der Waals surface area contributed by atoms with E-state index in [2.05, 4.69) is 0 Å². The average Bonchev–Trinajstić information content (AvgIpc) is 2.57. The molecule has 0 amide bonds. The molecule has 4 nitrogen and oxygen atoms in total. The number of carbonyl (C=O) groups is 1. The number of halogens is 1. The molecule has 0 aromatic rings. The minimum Gasteiger partial charge on any atom is -0.458 e. The molecule has 0 N–H and O–H groups in total. The first-order valence-electron chi connectivity index (χ1n) is 4.64. The summed E-state index contributed by atoms with van der Waals surface area (Å²) in [6.07, 6.45) is 0.0642. The van der Waals surface area contributed by atoms with E-state index < -0.39 is 11.2 Å². The Balaban J connectivity index is 1.95. The molecule has 0 radical (unpaired) electrons. The lowest BCUT2D eigenvalue weighted by molar-refractivity contribution is -0.161. The zero-order valence-electron chi connectivity index (χ0n) is 8.16. The monoisotopic (exact) mass is 220 g/mol. The number of hydrogen-bond donors (Lipinski definition) is 0. The molecule has 0 saturated carbocycles. The van der Waals surface area contributed by atoms with Gasteiger partial charge in [0, 0.05) is 6.42 Å². The largest absolute Gasteiger partial charge is 0.458 e. The van der Waals surface area contributed by atoms with Crippen LogP contribution in [0.25, 0.3) is 0 Å². The number of cyclic esters (lactones) is 1. The van der Waals surface area contributed by atoms with Crippen molar-refractivity contribution in [3.63, 3.8) is 0 Å². The molecule has 0 bridgehead atoms. The molecule has 2 saturated heterocycles. The summed E-state index contributed by atoms with van der Waals surface area (Å²) in [6, 6.07) is 0. The van der Waals surface area contributed by atoms with Gasteiger partial charge >= 0.3 is 5.97 Å². The second-order valence-corrected chi connectivity index (χ2v) is 4.57. The zero-order chi connectivity index (χ0) is 10.3. The van der Waals surface area contributed by atoms with Crippen molar-refractivity contribution in [2.24, 2.45) is 0 Å². The lowest BCUT2D eigenvalue weighted by Gasteiger charge is -2.19. The van der Waals surface area contributed by atoms with E-state index in [0.29, 0.717) is 13.0 Å². The fourth-order valence-corrected chi connectivity index (χ4v) is 1.92. The van der Waals surface area contributed by atoms with Gasteiger partial charge in [0.25, 0.3) is 0 Å². The van der Waals surface area contributed by atoms with E-state index in [1.807, 2.05) is 13.8 Å². The van der Waals surface area contributed by atoms with Crippen LogP contribution in [0.4, 0.5) is 0 Å². The Kier molecular flexibility index (Phi) is 2.45. The van der Waals surface area contributed by atoms with Crippen molar-refractivity contribution in [3.8, 4) is 0 Å². The Morgan fingerprint density at radius 3 is 2.57 bits per heavy atom. The van der Waals surface area contributed by atoms with Gasteiger partial charge in [-0.05, 0) is 13.8 Å². The van der Waals surface area contributed by atoms with Crippen LogP contribution in [0, 0.1) is 0 Å². The quantitative estimate of drug-likeness (QED) is 0.490. The third kappa shape index (κ3) is 1.87. The van der Waals surface area contributed by atoms with Crippen LogP contribution >= 0.6 is 11.6 Å². The van der Waals surface area contributed by atoms with Crippen molar-refractivity contribution in [2.75, 3.05) is 6.61 Å². The van der Waals surface area contributed by atoms with Gasteiger partial charge in [-0.25, -0.2) is 0 Å². The summed E-state index contributed by atoms with van der Waals surface area (Å²) in [5.74, 6) is -0.938. The highest BCUT2D eigenvalue weighted by molar-refractivity contribution is 6.30. The number of carbonyl (C=O) groups excluding carboxylic acids is 1. The van der Waals surface area contributed by atoms with Crippen LogP contribution in [0.15, 0.2) is 0 Å². The number of alkyl halides is 1. The molecule has 2 heterocycles. The van der Waals surface area contributed by atoms with E-state index in [1.54, 1.807) is 0 Å². The highest BCUT2D eigenvalue weighted by atomic mass is 35.5. The van der Waals surface area contributed by atoms with Gasteiger partial charge in [0.15, 0.2) is 5.79 Å². The van der Waals surface area contributed by atoms with Gasteiger partial charge in [0.2, 0.25) is 0 Å². The van der Waals surface area contributed by atoms with Crippen LogP contribution < -0.4 is 0 Å². The smallest absolute Gasteiger partial charge is 0.324 e. The predicted octanol–water partition coefficient (Wildman–Crippen LogP) is 1.06. The highest BCUT2D eigenvalue weighted by Crippen LogP contribution is 2.31. The summed E-state index contributed by atoms with van der Waals surface area (Å²) in [5, 5.41) is -0.535. The molecule has 0 aliphatic carbocycles. The Morgan fingerprint density at radius 1 is 1.43 bits per heavy atom. The fourth-order valence-electron chi connectivity index (χ4n) is 1.70. The predicted molar refractivity (Wildman–Crippen MR) is 49.0 cm³/mol. The summed E-state index contributed by atoms with van der Waals surface area (Å²) in [7, 11) is 0. The van der Waals surface area contributed by atoms with Crippen LogP contribution in [0.2, 0.25) is 0 Å². The Hall–Kier alpha value is -0.320. The average molecular weight is 221 g/mol. The molecule has 2 aliphatic rings. The van der Waals surface area contributed by atoms with E-state index in [9.17, 15) is 4.79 Å². The van der Waals surface area contributed by atoms with Crippen LogP contribution in [0.5, 0.6) is 0 Å². The lowest BCUT2D eigenvalue weighted by atomic mass is 10.1. The van der Waals surface area contributed by atoms with Crippen LogP contribution in [0.1, 0.15) is 20.3 Å². The van der Waals surface area contributed by atoms with Crippen molar-refractivity contribution >= 4 is 17.6 Å². The second-order valence-electron chi connectivity index (χ2n) is 4.05. The Morgan fingerprint density at radius 2 is 2.14 bits per heavy atom. The molecule has 80 valence electrons. The molecule has 5 heteroatoms. The minimum absolute atomic E-state index is 0.183. The molecule has 0 spiro atoms. The van der Waals surface area contributed by atoms with Gasteiger partial charge < -0.3 is 14.2 Å². The number of ether oxygens (including phenoxy) is 3. The van der Waals surface area contributed by atoms with E-state index >= 15 is 0 Å². The van der Waals surface area contributed by atoms with E-state index in [0.717, 1.165) is 0 Å². The Bertz CT molecular complexity index is 253. The maximum atomic E-state index is 11.1. The summed E-state index contributed by atoms with van der Waals surface area (Å²) >= 11 is 5.74. The Labute approximate surface area is 87.5 Å². The van der Waals surface area contributed by atoms with E-state index in [1.165, 1.54) is 0 Å². The normalized spacial score (nSPS) is 41.4. The third-order valence-electron chi connectivity index (χ3n) is 2.41. The first-order chi connectivity index (χ1) is 6.48. The first kappa shape index (κ1) is 10.2. The minimum atomic E-state index is -0.582. The molecule has 0 unspecified atom stereocenters. The number of esters is 1. The van der Waals surface area contributed by atoms with Gasteiger partial charge in [0.1, 0.15) is 17.6 Å². The molecule has 2 fully saturated rings. The molecule has 0 aromatic heterocycles. The van der Waals surface area contributed by atoms with Crippen molar-refractivity contribution in [1.29, 1.82) is 0 Å². The molecular formula is C9H13ClO4. The summed E-state index contributed by atoms with van der Waals surface area (Å²) in [6.45, 7) is 4.12. The molecule has 2 rings (SSSR count). The zero-order valence-corrected chi connectivity index (χ0v) is 8.91. The number of rotatable bonds is 1. The van der Waals surface area contributed by atoms with Crippen LogP contribution in [0.3, 0.4) is 0 Å². The summed E-state index contributed by atoms with van der Waals surface area (Å²) in [5.41, 5.74) is 0. The topological polar surface area (TPSA) is 44.8 Å². The molecule has 2 aliphatic heterocycles. The van der Waals surface area contributed by atoms with Gasteiger partial charge in [-0.2, -0.15) is 0 Å². The molecule has 3 atom stereocenters. The van der Waals surface area contributed by atoms with Crippen molar-refractivity contribution < 1.29 is 19.0 Å². The maximum Gasteiger partial charge on any atom is 0.324 e. The standard InChI is InChI=1S/C9H13ClO4/c1-9(2)12-4-7(14-9)6-3-5(10)8(11)13-6/h5-7H,3-4H2,1-2H3/t5-,6-,7+/m0/s1. The number of hydrogen-bond acceptors (Lipinski definition) is 4. The van der Waals surface area contributed by atoms with Crippen LogP contribution in [-0.4, -0.2) is 35.9 Å². The van der Waals surface area contributed by atoms with E-state index in [-0.39, 0.29) is 18.2 Å². The molecule has 0 aromatic carbocycles. The van der Waals surface area contributed by atoms with Gasteiger partial charge in [0.05, 0.1) is 6.61 Å². The second kappa shape index (κ2) is 3.36. The summed E-state index contributed by atoms with van der Waals surface area (Å²) < 4.78 is 16.0. The van der Waals surface area contributed by atoms with Crippen molar-refractivity contribution in [1.82, 2.24) is 0 Å². The van der Waals surface area contributed by atoms with Gasteiger partial charge in [-0.1, -0.05) is 0 Å².